The minimum absolute atomic E-state index is 0.216. The van der Waals surface area contributed by atoms with Crippen LogP contribution < -0.4 is 5.73 Å². The largest absolute Gasteiger partial charge is 0.369 e. The van der Waals surface area contributed by atoms with Gasteiger partial charge >= 0.3 is 0 Å². The van der Waals surface area contributed by atoms with E-state index in [1.54, 1.807) is 0 Å². The van der Waals surface area contributed by atoms with E-state index in [0.29, 0.717) is 0 Å². The molecule has 0 bridgehead atoms. The van der Waals surface area contributed by atoms with Gasteiger partial charge in [0.05, 0.1) is 6.10 Å². The Balaban J connectivity index is 2.39. The molecule has 0 aromatic heterocycles. The lowest BCUT2D eigenvalue weighted by Gasteiger charge is -2.30. The Morgan fingerprint density at radius 3 is 2.21 bits per heavy atom. The fourth-order valence-corrected chi connectivity index (χ4v) is 2.12. The van der Waals surface area contributed by atoms with E-state index in [-0.39, 0.29) is 12.6 Å². The van der Waals surface area contributed by atoms with Crippen molar-refractivity contribution in [1.82, 2.24) is 0 Å². The summed E-state index contributed by atoms with van der Waals surface area (Å²) in [6, 6.07) is 0. The maximum atomic E-state index is 5.74. The molecular weight excluding hydrogens is 244 g/mol. The van der Waals surface area contributed by atoms with Crippen LogP contribution in [0.25, 0.3) is 0 Å². The molecule has 0 aromatic carbocycles. The number of rotatable bonds is 3. The average molecular weight is 261 g/mol. The van der Waals surface area contributed by atoms with E-state index in [9.17, 15) is 0 Å². The summed E-state index contributed by atoms with van der Waals surface area (Å²) in [7, 11) is 0. The van der Waals surface area contributed by atoms with Crippen LogP contribution in [0.15, 0.2) is 0 Å². The van der Waals surface area contributed by atoms with Crippen molar-refractivity contribution < 1.29 is 4.74 Å². The Morgan fingerprint density at radius 1 is 1.21 bits per heavy atom. The van der Waals surface area contributed by atoms with Crippen molar-refractivity contribution in [3.05, 3.63) is 0 Å². The van der Waals surface area contributed by atoms with Crippen LogP contribution in [-0.4, -0.2) is 22.5 Å². The van der Waals surface area contributed by atoms with E-state index in [1.165, 1.54) is 19.3 Å². The van der Waals surface area contributed by atoms with E-state index in [4.69, 9.17) is 45.3 Å². The third-order valence-corrected chi connectivity index (χ3v) is 3.22. The molecule has 5 heteroatoms. The molecule has 0 saturated heterocycles. The van der Waals surface area contributed by atoms with Gasteiger partial charge in [0, 0.05) is 6.54 Å². The van der Waals surface area contributed by atoms with Crippen molar-refractivity contribution in [3.63, 3.8) is 0 Å². The molecular formula is C9H16Cl3NO. The zero-order valence-corrected chi connectivity index (χ0v) is 10.3. The van der Waals surface area contributed by atoms with Gasteiger partial charge in [0.2, 0.25) is 3.79 Å². The van der Waals surface area contributed by atoms with E-state index in [2.05, 4.69) is 0 Å². The molecule has 2 nitrogen and oxygen atoms in total. The van der Waals surface area contributed by atoms with Crippen LogP contribution in [0.3, 0.4) is 0 Å². The minimum Gasteiger partial charge on any atom is -0.369 e. The molecule has 2 N–H and O–H groups in total. The van der Waals surface area contributed by atoms with Gasteiger partial charge < -0.3 is 10.5 Å². The molecule has 0 radical (unpaired) electrons. The van der Waals surface area contributed by atoms with Crippen molar-refractivity contribution in [2.24, 2.45) is 5.73 Å². The first-order valence-corrected chi connectivity index (χ1v) is 6.09. The van der Waals surface area contributed by atoms with E-state index < -0.39 is 9.90 Å². The van der Waals surface area contributed by atoms with Gasteiger partial charge in [-0.05, 0) is 12.8 Å². The molecule has 0 aromatic rings. The monoisotopic (exact) mass is 259 g/mol. The summed E-state index contributed by atoms with van der Waals surface area (Å²) in [5.41, 5.74) is 5.50. The van der Waals surface area contributed by atoms with Gasteiger partial charge in [0.15, 0.2) is 0 Å². The molecule has 1 aliphatic rings. The van der Waals surface area contributed by atoms with Crippen LogP contribution in [-0.2, 0) is 4.74 Å². The summed E-state index contributed by atoms with van der Waals surface area (Å²) in [6.07, 6.45) is 5.50. The Kier molecular flexibility index (Phi) is 5.29. The van der Waals surface area contributed by atoms with Crippen molar-refractivity contribution >= 4 is 34.8 Å². The molecule has 0 amide bonds. The third kappa shape index (κ3) is 4.11. The molecule has 0 heterocycles. The summed E-state index contributed by atoms with van der Waals surface area (Å²) in [5.74, 6) is 0. The van der Waals surface area contributed by atoms with E-state index >= 15 is 0 Å². The lowest BCUT2D eigenvalue weighted by Crippen LogP contribution is -2.39. The highest BCUT2D eigenvalue weighted by Crippen LogP contribution is 2.34. The number of hydrogen-bond donors (Lipinski definition) is 1. The SMILES string of the molecule is NCC(OC1CCCCC1)C(Cl)(Cl)Cl. The van der Waals surface area contributed by atoms with Crippen LogP contribution >= 0.6 is 34.8 Å². The molecule has 14 heavy (non-hydrogen) atoms. The maximum absolute atomic E-state index is 5.74. The fraction of sp³-hybridized carbons (Fsp3) is 1.00. The second-order valence-corrected chi connectivity index (χ2v) is 6.03. The molecule has 0 aliphatic heterocycles. The number of ether oxygens (including phenoxy) is 1. The van der Waals surface area contributed by atoms with Crippen LogP contribution in [0.4, 0.5) is 0 Å². The highest BCUT2D eigenvalue weighted by molar-refractivity contribution is 6.68. The molecule has 1 fully saturated rings. The predicted octanol–water partition coefficient (Wildman–Crippen LogP) is 3.03. The zero-order chi connectivity index (χ0) is 10.6. The maximum Gasteiger partial charge on any atom is 0.217 e. The van der Waals surface area contributed by atoms with Crippen LogP contribution in [0, 0.1) is 0 Å². The number of nitrogens with two attached hydrogens (primary N) is 1. The van der Waals surface area contributed by atoms with Crippen molar-refractivity contribution in [2.45, 2.75) is 48.1 Å². The Bertz CT molecular complexity index is 166. The Morgan fingerprint density at radius 2 is 1.79 bits per heavy atom. The van der Waals surface area contributed by atoms with Crippen molar-refractivity contribution in [3.8, 4) is 0 Å². The molecule has 1 rings (SSSR count). The summed E-state index contributed by atoms with van der Waals surface area (Å²) < 4.78 is 4.27. The quantitative estimate of drug-likeness (QED) is 0.792. The van der Waals surface area contributed by atoms with Crippen LogP contribution in [0.5, 0.6) is 0 Å². The number of hydrogen-bond acceptors (Lipinski definition) is 2. The number of halogens is 3. The van der Waals surface area contributed by atoms with Crippen molar-refractivity contribution in [1.29, 1.82) is 0 Å². The van der Waals surface area contributed by atoms with Gasteiger partial charge in [-0.15, -0.1) is 0 Å². The van der Waals surface area contributed by atoms with Gasteiger partial charge in [-0.2, -0.15) is 0 Å². The first-order valence-electron chi connectivity index (χ1n) is 4.96. The van der Waals surface area contributed by atoms with Gasteiger partial charge in [0.25, 0.3) is 0 Å². The summed E-state index contributed by atoms with van der Waals surface area (Å²) in [6.45, 7) is 0.243. The smallest absolute Gasteiger partial charge is 0.217 e. The lowest BCUT2D eigenvalue weighted by molar-refractivity contribution is -0.0232. The van der Waals surface area contributed by atoms with E-state index in [1.807, 2.05) is 0 Å². The van der Waals surface area contributed by atoms with Gasteiger partial charge in [0.1, 0.15) is 6.10 Å². The number of alkyl halides is 3. The fourth-order valence-electron chi connectivity index (χ4n) is 1.70. The first-order chi connectivity index (χ1) is 6.54. The standard InChI is InChI=1S/C9H16Cl3NO/c10-9(11,12)8(6-13)14-7-4-2-1-3-5-7/h7-8H,1-6,13H2. The second kappa shape index (κ2) is 5.76. The molecule has 1 aliphatic carbocycles. The predicted molar refractivity (Wildman–Crippen MR) is 61.1 cm³/mol. The normalized spacial score (nSPS) is 22.3. The Labute approximate surface area is 100 Å². The van der Waals surface area contributed by atoms with Gasteiger partial charge in [-0.1, -0.05) is 54.1 Å². The summed E-state index contributed by atoms with van der Waals surface area (Å²) >= 11 is 17.2. The summed E-state index contributed by atoms with van der Waals surface area (Å²) in [4.78, 5) is 0. The lowest BCUT2D eigenvalue weighted by atomic mass is 9.98. The first kappa shape index (κ1) is 12.9. The Hall–Kier alpha value is 0.790. The molecule has 1 saturated carbocycles. The van der Waals surface area contributed by atoms with Crippen LogP contribution in [0.2, 0.25) is 0 Å². The second-order valence-electron chi connectivity index (χ2n) is 3.66. The van der Waals surface area contributed by atoms with Crippen LogP contribution in [0.1, 0.15) is 32.1 Å². The molecule has 84 valence electrons. The topological polar surface area (TPSA) is 35.2 Å². The highest BCUT2D eigenvalue weighted by atomic mass is 35.6. The zero-order valence-electron chi connectivity index (χ0n) is 8.02. The molecule has 0 spiro atoms. The molecule has 1 unspecified atom stereocenters. The van der Waals surface area contributed by atoms with Crippen molar-refractivity contribution in [2.75, 3.05) is 6.54 Å². The minimum atomic E-state index is -1.41. The van der Waals surface area contributed by atoms with Gasteiger partial charge in [-0.25, -0.2) is 0 Å². The third-order valence-electron chi connectivity index (χ3n) is 2.49. The average Bonchev–Trinajstić information content (AvgIpc) is 2.14. The molecule has 1 atom stereocenters. The highest BCUT2D eigenvalue weighted by Gasteiger charge is 2.34. The summed E-state index contributed by atoms with van der Waals surface area (Å²) in [5, 5.41) is 0. The van der Waals surface area contributed by atoms with Gasteiger partial charge in [-0.3, -0.25) is 0 Å². The van der Waals surface area contributed by atoms with E-state index in [0.717, 1.165) is 12.8 Å².